The van der Waals surface area contributed by atoms with Crippen LogP contribution in [0.25, 0.3) is 0 Å². The number of halogens is 2. The molecule has 1 aromatic rings. The van der Waals surface area contributed by atoms with Gasteiger partial charge in [-0.15, -0.1) is 0 Å². The van der Waals surface area contributed by atoms with Crippen molar-refractivity contribution in [3.8, 4) is 0 Å². The number of piperazine rings is 1. The fraction of sp³-hybridized carbons (Fsp3) is 0.571. The van der Waals surface area contributed by atoms with Crippen LogP contribution in [0.4, 0.5) is 13.6 Å². The minimum atomic E-state index is -1.68. The van der Waals surface area contributed by atoms with E-state index >= 15 is 0 Å². The lowest BCUT2D eigenvalue weighted by Gasteiger charge is -2.51. The molecule has 2 amide bonds. The van der Waals surface area contributed by atoms with Crippen LogP contribution in [0, 0.1) is 11.6 Å². The normalized spacial score (nSPS) is 21.4. The lowest BCUT2D eigenvalue weighted by Crippen LogP contribution is -2.72. The van der Waals surface area contributed by atoms with Gasteiger partial charge in [-0.3, -0.25) is 14.5 Å². The van der Waals surface area contributed by atoms with Gasteiger partial charge in [0.05, 0.1) is 32.5 Å². The third-order valence-electron chi connectivity index (χ3n) is 5.15. The molecule has 1 atom stereocenters. The first-order chi connectivity index (χ1) is 14.9. The number of carboxylic acid groups (broad SMARTS) is 1. The van der Waals surface area contributed by atoms with Gasteiger partial charge < -0.3 is 24.2 Å². The summed E-state index contributed by atoms with van der Waals surface area (Å²) in [6.07, 6.45) is -0.850. The van der Waals surface area contributed by atoms with Crippen LogP contribution < -0.4 is 0 Å². The van der Waals surface area contributed by atoms with Crippen molar-refractivity contribution in [2.75, 3.05) is 39.5 Å². The average Bonchev–Trinajstić information content (AvgIpc) is 2.90. The molecule has 0 bridgehead atoms. The smallest absolute Gasteiger partial charge is 0.411 e. The van der Waals surface area contributed by atoms with Gasteiger partial charge in [0.25, 0.3) is 5.91 Å². The van der Waals surface area contributed by atoms with Crippen LogP contribution in [-0.4, -0.2) is 83.5 Å². The zero-order chi connectivity index (χ0) is 23.7. The Morgan fingerprint density at radius 1 is 1.16 bits per heavy atom. The molecule has 1 aromatic carbocycles. The zero-order valence-electron chi connectivity index (χ0n) is 18.1. The van der Waals surface area contributed by atoms with E-state index in [2.05, 4.69) is 0 Å². The minimum absolute atomic E-state index is 0.0102. The van der Waals surface area contributed by atoms with Crippen LogP contribution >= 0.6 is 0 Å². The maximum absolute atomic E-state index is 13.9. The number of carboxylic acids is 1. The van der Waals surface area contributed by atoms with Crippen molar-refractivity contribution < 1.29 is 42.5 Å². The van der Waals surface area contributed by atoms with Gasteiger partial charge in [0.15, 0.2) is 5.54 Å². The SMILES string of the molecule is CC(C)(C)OC(=O)N1CC(c2cc(F)cc(F)c2)N(CC(=O)O)C(=O)C12COCCOC2. The molecule has 2 aliphatic rings. The molecule has 0 saturated carbocycles. The second kappa shape index (κ2) is 8.99. The second-order valence-electron chi connectivity index (χ2n) is 8.77. The van der Waals surface area contributed by atoms with Crippen molar-refractivity contribution in [2.24, 2.45) is 0 Å². The number of ether oxygens (including phenoxy) is 3. The highest BCUT2D eigenvalue weighted by Gasteiger charge is 2.57. The molecule has 1 unspecified atom stereocenters. The fourth-order valence-electron chi connectivity index (χ4n) is 3.84. The number of amides is 2. The molecule has 0 aromatic heterocycles. The number of carbonyl (C=O) groups excluding carboxylic acids is 2. The molecular formula is C21H26F2N2O7. The van der Waals surface area contributed by atoms with Gasteiger partial charge in [0, 0.05) is 12.6 Å². The molecule has 0 aliphatic carbocycles. The van der Waals surface area contributed by atoms with E-state index in [1.54, 1.807) is 20.8 Å². The Bertz CT molecular complexity index is 874. The van der Waals surface area contributed by atoms with E-state index < -0.39 is 53.3 Å². The van der Waals surface area contributed by atoms with Crippen molar-refractivity contribution in [3.63, 3.8) is 0 Å². The van der Waals surface area contributed by atoms with Gasteiger partial charge in [-0.25, -0.2) is 13.6 Å². The highest BCUT2D eigenvalue weighted by Crippen LogP contribution is 2.37. The van der Waals surface area contributed by atoms with Crippen molar-refractivity contribution in [3.05, 3.63) is 35.4 Å². The Morgan fingerprint density at radius 3 is 2.22 bits per heavy atom. The Labute approximate surface area is 183 Å². The van der Waals surface area contributed by atoms with Crippen LogP contribution in [0.5, 0.6) is 0 Å². The number of aliphatic carboxylic acids is 1. The van der Waals surface area contributed by atoms with E-state index in [1.807, 2.05) is 0 Å². The summed E-state index contributed by atoms with van der Waals surface area (Å²) < 4.78 is 44.4. The number of rotatable bonds is 3. The van der Waals surface area contributed by atoms with Crippen LogP contribution in [0.3, 0.4) is 0 Å². The predicted octanol–water partition coefficient (Wildman–Crippen LogP) is 1.96. The fourth-order valence-corrected chi connectivity index (χ4v) is 3.84. The maximum atomic E-state index is 13.9. The summed E-state index contributed by atoms with van der Waals surface area (Å²) in [5, 5.41) is 9.42. The standard InChI is InChI=1S/C21H26F2N2O7/c1-20(2,3)32-19(29)25-9-16(13-6-14(22)8-15(23)7-13)24(10-17(26)27)18(28)21(25)11-30-4-5-31-12-21/h6-8,16H,4-5,9-12H2,1-3H3,(H,26,27). The number of hydrogen-bond donors (Lipinski definition) is 1. The molecule has 3 rings (SSSR count). The predicted molar refractivity (Wildman–Crippen MR) is 106 cm³/mol. The summed E-state index contributed by atoms with van der Waals surface area (Å²) in [5.74, 6) is -3.88. The molecule has 2 saturated heterocycles. The minimum Gasteiger partial charge on any atom is -0.480 e. The Morgan fingerprint density at radius 2 is 1.72 bits per heavy atom. The monoisotopic (exact) mass is 456 g/mol. The second-order valence-corrected chi connectivity index (χ2v) is 8.77. The van der Waals surface area contributed by atoms with Crippen LogP contribution in [-0.2, 0) is 23.8 Å². The first-order valence-corrected chi connectivity index (χ1v) is 10.1. The first-order valence-electron chi connectivity index (χ1n) is 10.1. The van der Waals surface area contributed by atoms with Gasteiger partial charge in [-0.2, -0.15) is 0 Å². The molecule has 1 N–H and O–H groups in total. The van der Waals surface area contributed by atoms with E-state index in [4.69, 9.17) is 14.2 Å². The largest absolute Gasteiger partial charge is 0.480 e. The summed E-state index contributed by atoms with van der Waals surface area (Å²) in [4.78, 5) is 40.5. The van der Waals surface area contributed by atoms with E-state index in [0.29, 0.717) is 6.07 Å². The van der Waals surface area contributed by atoms with E-state index in [0.717, 1.165) is 21.9 Å². The van der Waals surface area contributed by atoms with Crippen LogP contribution in [0.1, 0.15) is 32.4 Å². The molecule has 2 aliphatic heterocycles. The summed E-state index contributed by atoms with van der Waals surface area (Å²) >= 11 is 0. The van der Waals surface area contributed by atoms with E-state index in [-0.39, 0.29) is 38.5 Å². The highest BCUT2D eigenvalue weighted by atomic mass is 19.1. The molecule has 176 valence electrons. The van der Waals surface area contributed by atoms with Crippen molar-refractivity contribution in [1.82, 2.24) is 9.80 Å². The van der Waals surface area contributed by atoms with Crippen LogP contribution in [0.15, 0.2) is 18.2 Å². The Kier molecular flexibility index (Phi) is 6.70. The summed E-state index contributed by atoms with van der Waals surface area (Å²) in [7, 11) is 0. The van der Waals surface area contributed by atoms with E-state index in [1.165, 1.54) is 0 Å². The molecule has 2 heterocycles. The van der Waals surface area contributed by atoms with Crippen molar-refractivity contribution in [2.45, 2.75) is 38.0 Å². The van der Waals surface area contributed by atoms with Gasteiger partial charge in [0.2, 0.25) is 0 Å². The summed E-state index contributed by atoms with van der Waals surface area (Å²) in [5.41, 5.74) is -2.57. The molecule has 1 spiro atoms. The quantitative estimate of drug-likeness (QED) is 0.741. The van der Waals surface area contributed by atoms with Gasteiger partial charge >= 0.3 is 12.1 Å². The van der Waals surface area contributed by atoms with Crippen molar-refractivity contribution >= 4 is 18.0 Å². The number of nitrogens with zero attached hydrogens (tertiary/aromatic N) is 2. The maximum Gasteiger partial charge on any atom is 0.411 e. The first kappa shape index (κ1) is 23.9. The Hall–Kier alpha value is -2.79. The summed E-state index contributed by atoms with van der Waals surface area (Å²) in [6, 6.07) is 1.53. The third-order valence-corrected chi connectivity index (χ3v) is 5.15. The molecule has 2 fully saturated rings. The molecule has 32 heavy (non-hydrogen) atoms. The van der Waals surface area contributed by atoms with Gasteiger partial charge in [-0.05, 0) is 38.5 Å². The zero-order valence-corrected chi connectivity index (χ0v) is 18.1. The molecular weight excluding hydrogens is 430 g/mol. The molecule has 0 radical (unpaired) electrons. The lowest BCUT2D eigenvalue weighted by molar-refractivity contribution is -0.168. The van der Waals surface area contributed by atoms with Gasteiger partial charge in [0.1, 0.15) is 23.8 Å². The van der Waals surface area contributed by atoms with E-state index in [9.17, 15) is 28.3 Å². The third kappa shape index (κ3) is 4.99. The average molecular weight is 456 g/mol. The van der Waals surface area contributed by atoms with Gasteiger partial charge in [-0.1, -0.05) is 0 Å². The number of carbonyl (C=O) groups is 3. The topological polar surface area (TPSA) is 106 Å². The molecule has 9 nitrogen and oxygen atoms in total. The summed E-state index contributed by atoms with van der Waals surface area (Å²) in [6.45, 7) is 3.80. The lowest BCUT2D eigenvalue weighted by atomic mass is 9.89. The van der Waals surface area contributed by atoms with Crippen LogP contribution in [0.2, 0.25) is 0 Å². The number of benzene rings is 1. The number of hydrogen-bond acceptors (Lipinski definition) is 6. The highest BCUT2D eigenvalue weighted by molar-refractivity contribution is 5.94. The Balaban J connectivity index is 2.11. The molecule has 11 heteroatoms. The van der Waals surface area contributed by atoms with Crippen molar-refractivity contribution in [1.29, 1.82) is 0 Å².